The number of aromatic nitrogens is 2. The Bertz CT molecular complexity index is 1020. The summed E-state index contributed by atoms with van der Waals surface area (Å²) in [6.45, 7) is 6.12. The van der Waals surface area contributed by atoms with Crippen LogP contribution in [0.3, 0.4) is 0 Å². The molecule has 2 atom stereocenters. The van der Waals surface area contributed by atoms with Crippen LogP contribution in [-0.4, -0.2) is 46.7 Å². The number of Topliss-reactive ketones (excluding diaryl/α,β-unsaturated/α-hetero) is 1. The molecule has 0 bridgehead atoms. The minimum absolute atomic E-state index is 0.115. The van der Waals surface area contributed by atoms with Crippen molar-refractivity contribution in [2.45, 2.75) is 46.5 Å². The minimum atomic E-state index is -0.499. The van der Waals surface area contributed by atoms with Crippen molar-refractivity contribution >= 4 is 51.4 Å². The van der Waals surface area contributed by atoms with Crippen LogP contribution in [0.25, 0.3) is 0 Å². The lowest BCUT2D eigenvalue weighted by Crippen LogP contribution is -2.36. The third-order valence-corrected chi connectivity index (χ3v) is 7.12. The number of nitrogens with one attached hydrogen (secondary N) is 2. The van der Waals surface area contributed by atoms with Crippen LogP contribution in [0.4, 0.5) is 5.13 Å². The highest BCUT2D eigenvalue weighted by Crippen LogP contribution is 2.32. The van der Waals surface area contributed by atoms with Crippen molar-refractivity contribution in [3.05, 3.63) is 26.7 Å². The number of ether oxygens (including phenoxy) is 1. The van der Waals surface area contributed by atoms with Gasteiger partial charge in [-0.2, -0.15) is 0 Å². The molecule has 172 valence electrons. The maximum Gasteiger partial charge on any atom is 0.357 e. The number of nitrogens with zero attached hydrogens (tertiary/aromatic N) is 2. The molecule has 0 saturated heterocycles. The fraction of sp³-hybridized carbons (Fsp3) is 0.524. The zero-order valence-corrected chi connectivity index (χ0v) is 19.9. The number of amides is 2. The topological polar surface area (TPSA) is 127 Å². The van der Waals surface area contributed by atoms with Crippen molar-refractivity contribution < 1.29 is 23.9 Å². The van der Waals surface area contributed by atoms with Crippen LogP contribution in [0, 0.1) is 11.8 Å². The summed E-state index contributed by atoms with van der Waals surface area (Å²) in [6.07, 6.45) is 1.66. The first kappa shape index (κ1) is 24.0. The molecular formula is C21H26N4O5S2. The number of fused-ring (bicyclic) bond motifs is 1. The quantitative estimate of drug-likeness (QED) is 0.531. The molecule has 2 N–H and O–H groups in total. The number of hydrogen-bond donors (Lipinski definition) is 2. The van der Waals surface area contributed by atoms with E-state index < -0.39 is 11.9 Å². The van der Waals surface area contributed by atoms with Crippen molar-refractivity contribution in [1.29, 1.82) is 0 Å². The van der Waals surface area contributed by atoms with Gasteiger partial charge < -0.3 is 15.4 Å². The second kappa shape index (κ2) is 10.8. The number of ketones is 1. The van der Waals surface area contributed by atoms with Crippen LogP contribution in [0.5, 0.6) is 0 Å². The predicted octanol–water partition coefficient (Wildman–Crippen LogP) is 2.86. The van der Waals surface area contributed by atoms with Crippen molar-refractivity contribution in [3.8, 4) is 0 Å². The SMILES string of the molecule is CCOC(=O)c1csc(CCNC(=O)C2CC(=O)c3sc(NC(=O)C(C)CC)nc3C2)n1. The molecule has 0 saturated carbocycles. The summed E-state index contributed by atoms with van der Waals surface area (Å²) in [5.41, 5.74) is 0.827. The average molecular weight is 479 g/mol. The highest BCUT2D eigenvalue weighted by atomic mass is 32.1. The second-order valence-corrected chi connectivity index (χ2v) is 9.45. The van der Waals surface area contributed by atoms with Gasteiger partial charge in [-0.1, -0.05) is 25.2 Å². The van der Waals surface area contributed by atoms with Crippen LogP contribution in [0.1, 0.15) is 64.5 Å². The maximum absolute atomic E-state index is 12.6. The van der Waals surface area contributed by atoms with Gasteiger partial charge in [-0.15, -0.1) is 11.3 Å². The van der Waals surface area contributed by atoms with E-state index in [9.17, 15) is 19.2 Å². The smallest absolute Gasteiger partial charge is 0.357 e. The van der Waals surface area contributed by atoms with E-state index in [1.165, 1.54) is 22.7 Å². The van der Waals surface area contributed by atoms with Gasteiger partial charge in [0.2, 0.25) is 11.8 Å². The summed E-state index contributed by atoms with van der Waals surface area (Å²) in [7, 11) is 0. The van der Waals surface area contributed by atoms with Crippen LogP contribution >= 0.6 is 22.7 Å². The summed E-state index contributed by atoms with van der Waals surface area (Å²) in [5.74, 6) is -1.58. The molecule has 0 radical (unpaired) electrons. The van der Waals surface area contributed by atoms with Crippen LogP contribution in [-0.2, 0) is 27.2 Å². The fourth-order valence-electron chi connectivity index (χ4n) is 3.14. The molecule has 9 nitrogen and oxygen atoms in total. The van der Waals surface area contributed by atoms with E-state index in [1.54, 1.807) is 12.3 Å². The normalized spacial score (nSPS) is 16.2. The Morgan fingerprint density at radius 2 is 2.03 bits per heavy atom. The molecule has 0 fully saturated rings. The summed E-state index contributed by atoms with van der Waals surface area (Å²) in [5, 5.41) is 8.36. The first-order valence-electron chi connectivity index (χ1n) is 10.5. The molecule has 3 rings (SSSR count). The highest BCUT2D eigenvalue weighted by Gasteiger charge is 2.33. The summed E-state index contributed by atoms with van der Waals surface area (Å²) >= 11 is 2.50. The van der Waals surface area contributed by atoms with Crippen molar-refractivity contribution in [1.82, 2.24) is 15.3 Å². The number of carbonyl (C=O) groups excluding carboxylic acids is 4. The molecule has 11 heteroatoms. The van der Waals surface area contributed by atoms with Gasteiger partial charge in [-0.05, 0) is 13.3 Å². The first-order chi connectivity index (χ1) is 15.3. The molecular weight excluding hydrogens is 452 g/mol. The molecule has 2 unspecified atom stereocenters. The Morgan fingerprint density at radius 3 is 2.75 bits per heavy atom. The standard InChI is InChI=1S/C21H26N4O5S2/c1-4-11(3)18(27)25-21-24-13-8-12(9-15(26)17(13)32-21)19(28)22-7-6-16-23-14(10-31-16)20(29)30-5-2/h10-12H,4-9H2,1-3H3,(H,22,28)(H,24,25,27). The van der Waals surface area contributed by atoms with Crippen molar-refractivity contribution in [3.63, 3.8) is 0 Å². The molecule has 2 heterocycles. The molecule has 0 aliphatic heterocycles. The fourth-order valence-corrected chi connectivity index (χ4v) is 4.86. The van der Waals surface area contributed by atoms with E-state index in [0.29, 0.717) is 41.5 Å². The van der Waals surface area contributed by atoms with Crippen LogP contribution in [0.15, 0.2) is 5.38 Å². The zero-order valence-electron chi connectivity index (χ0n) is 18.2. The van der Waals surface area contributed by atoms with E-state index in [-0.39, 0.29) is 42.2 Å². The van der Waals surface area contributed by atoms with Gasteiger partial charge in [0.25, 0.3) is 0 Å². The number of esters is 1. The molecule has 32 heavy (non-hydrogen) atoms. The van der Waals surface area contributed by atoms with Crippen molar-refractivity contribution in [2.24, 2.45) is 11.8 Å². The number of hydrogen-bond acceptors (Lipinski definition) is 9. The van der Waals surface area contributed by atoms with E-state index in [1.807, 2.05) is 13.8 Å². The summed E-state index contributed by atoms with van der Waals surface area (Å²) in [4.78, 5) is 58.0. The first-order valence-corrected chi connectivity index (χ1v) is 12.2. The third kappa shape index (κ3) is 5.77. The van der Waals surface area contributed by atoms with E-state index in [2.05, 4.69) is 20.6 Å². The van der Waals surface area contributed by atoms with E-state index in [4.69, 9.17) is 4.74 Å². The Kier molecular flexibility index (Phi) is 8.08. The third-order valence-electron chi connectivity index (χ3n) is 5.16. The van der Waals surface area contributed by atoms with Gasteiger partial charge in [-0.3, -0.25) is 14.4 Å². The molecule has 2 aromatic rings. The van der Waals surface area contributed by atoms with Gasteiger partial charge in [0.15, 0.2) is 16.6 Å². The molecule has 2 amide bonds. The van der Waals surface area contributed by atoms with Gasteiger partial charge in [0.1, 0.15) is 0 Å². The van der Waals surface area contributed by atoms with Gasteiger partial charge in [-0.25, -0.2) is 14.8 Å². The van der Waals surface area contributed by atoms with Gasteiger partial charge in [0, 0.05) is 37.1 Å². The number of carbonyl (C=O) groups is 4. The minimum Gasteiger partial charge on any atom is -0.461 e. The summed E-state index contributed by atoms with van der Waals surface area (Å²) in [6, 6.07) is 0. The summed E-state index contributed by atoms with van der Waals surface area (Å²) < 4.78 is 4.92. The van der Waals surface area contributed by atoms with Gasteiger partial charge in [0.05, 0.1) is 28.1 Å². The Morgan fingerprint density at radius 1 is 1.25 bits per heavy atom. The lowest BCUT2D eigenvalue weighted by molar-refractivity contribution is -0.125. The lowest BCUT2D eigenvalue weighted by Gasteiger charge is -2.19. The Balaban J connectivity index is 1.53. The molecule has 2 aromatic heterocycles. The number of rotatable bonds is 9. The predicted molar refractivity (Wildman–Crippen MR) is 121 cm³/mol. The zero-order chi connectivity index (χ0) is 23.3. The average Bonchev–Trinajstić information content (AvgIpc) is 3.40. The molecule has 1 aliphatic rings. The van der Waals surface area contributed by atoms with E-state index in [0.717, 1.165) is 5.01 Å². The lowest BCUT2D eigenvalue weighted by atomic mass is 9.89. The maximum atomic E-state index is 12.6. The Hall–Kier alpha value is -2.66. The van der Waals surface area contributed by atoms with Crippen LogP contribution < -0.4 is 10.6 Å². The molecule has 0 spiro atoms. The van der Waals surface area contributed by atoms with Gasteiger partial charge >= 0.3 is 5.97 Å². The monoisotopic (exact) mass is 478 g/mol. The highest BCUT2D eigenvalue weighted by molar-refractivity contribution is 7.17. The van der Waals surface area contributed by atoms with Crippen LogP contribution in [0.2, 0.25) is 0 Å². The van der Waals surface area contributed by atoms with Crippen molar-refractivity contribution in [2.75, 3.05) is 18.5 Å². The number of thiazole rings is 2. The number of anilines is 1. The molecule has 0 aromatic carbocycles. The largest absolute Gasteiger partial charge is 0.461 e. The Labute approximate surface area is 194 Å². The van der Waals surface area contributed by atoms with E-state index >= 15 is 0 Å². The molecule has 1 aliphatic carbocycles. The second-order valence-electron chi connectivity index (χ2n) is 7.51.